The van der Waals surface area contributed by atoms with Gasteiger partial charge in [0, 0.05) is 5.69 Å². The molecule has 0 aliphatic carbocycles. The van der Waals surface area contributed by atoms with Crippen LogP contribution in [0.2, 0.25) is 0 Å². The molecule has 0 bridgehead atoms. The monoisotopic (exact) mass is 263 g/mol. The summed E-state index contributed by atoms with van der Waals surface area (Å²) < 4.78 is 0. The highest BCUT2D eigenvalue weighted by atomic mass is 16.2. The smallest absolute Gasteiger partial charge is 0.238 e. The van der Waals surface area contributed by atoms with E-state index in [1.807, 2.05) is 45.0 Å². The number of rotatable bonds is 7. The second-order valence-corrected chi connectivity index (χ2v) is 5.06. The Morgan fingerprint density at radius 1 is 1.32 bits per heavy atom. The van der Waals surface area contributed by atoms with Gasteiger partial charge in [0.1, 0.15) is 0 Å². The number of hydrogen-bond acceptors (Lipinski definition) is 3. The number of nitrogens with zero attached hydrogens (tertiary/aromatic N) is 1. The van der Waals surface area contributed by atoms with E-state index < -0.39 is 0 Å². The molecule has 0 aromatic heterocycles. The molecule has 1 aromatic rings. The number of aryl methyl sites for hydroxylation is 2. The van der Waals surface area contributed by atoms with E-state index in [1.54, 1.807) is 0 Å². The fourth-order valence-electron chi connectivity index (χ4n) is 1.91. The molecule has 0 unspecified atom stereocenters. The molecule has 0 saturated heterocycles. The van der Waals surface area contributed by atoms with Gasteiger partial charge in [0.05, 0.1) is 6.54 Å². The van der Waals surface area contributed by atoms with Crippen LogP contribution in [-0.4, -0.2) is 44.5 Å². The van der Waals surface area contributed by atoms with Crippen LogP contribution in [0.5, 0.6) is 0 Å². The van der Waals surface area contributed by atoms with E-state index >= 15 is 0 Å². The summed E-state index contributed by atoms with van der Waals surface area (Å²) in [6, 6.07) is 6.09. The van der Waals surface area contributed by atoms with Crippen molar-refractivity contribution < 1.29 is 4.79 Å². The molecule has 4 nitrogen and oxygen atoms in total. The molecule has 0 spiro atoms. The Bertz CT molecular complexity index is 418. The molecule has 19 heavy (non-hydrogen) atoms. The average molecular weight is 263 g/mol. The van der Waals surface area contributed by atoms with Crippen LogP contribution in [-0.2, 0) is 4.79 Å². The van der Waals surface area contributed by atoms with Crippen LogP contribution >= 0.6 is 0 Å². The number of nitrogens with one attached hydrogen (secondary N) is 2. The van der Waals surface area contributed by atoms with Gasteiger partial charge in [0.25, 0.3) is 0 Å². The highest BCUT2D eigenvalue weighted by Gasteiger charge is 2.08. The normalized spacial score (nSPS) is 10.8. The maximum absolute atomic E-state index is 12.0. The van der Waals surface area contributed by atoms with Crippen molar-refractivity contribution in [2.75, 3.05) is 39.0 Å². The molecule has 1 amide bonds. The van der Waals surface area contributed by atoms with E-state index in [9.17, 15) is 4.79 Å². The maximum Gasteiger partial charge on any atom is 0.238 e. The topological polar surface area (TPSA) is 44.4 Å². The van der Waals surface area contributed by atoms with E-state index in [2.05, 4.69) is 16.7 Å². The molecule has 0 heterocycles. The molecule has 0 aliphatic heterocycles. The zero-order valence-electron chi connectivity index (χ0n) is 12.4. The summed E-state index contributed by atoms with van der Waals surface area (Å²) in [5.74, 6) is 0.0423. The fourth-order valence-corrected chi connectivity index (χ4v) is 1.91. The molecule has 2 N–H and O–H groups in total. The van der Waals surface area contributed by atoms with E-state index in [0.717, 1.165) is 36.3 Å². The van der Waals surface area contributed by atoms with Gasteiger partial charge in [0.2, 0.25) is 5.91 Å². The van der Waals surface area contributed by atoms with Gasteiger partial charge >= 0.3 is 0 Å². The number of amides is 1. The van der Waals surface area contributed by atoms with Gasteiger partial charge in [-0.25, -0.2) is 0 Å². The first-order chi connectivity index (χ1) is 9.02. The molecule has 1 aromatic carbocycles. The minimum absolute atomic E-state index is 0.0423. The van der Waals surface area contributed by atoms with Crippen molar-refractivity contribution in [2.24, 2.45) is 0 Å². The Morgan fingerprint density at radius 2 is 2.05 bits per heavy atom. The molecular weight excluding hydrogens is 238 g/mol. The highest BCUT2D eigenvalue weighted by Crippen LogP contribution is 2.16. The average Bonchev–Trinajstić information content (AvgIpc) is 2.34. The van der Waals surface area contributed by atoms with Crippen LogP contribution in [0.3, 0.4) is 0 Å². The molecule has 4 heteroatoms. The first-order valence-electron chi connectivity index (χ1n) is 6.73. The largest absolute Gasteiger partial charge is 0.325 e. The summed E-state index contributed by atoms with van der Waals surface area (Å²) in [6.07, 6.45) is 1.05. The summed E-state index contributed by atoms with van der Waals surface area (Å²) in [5, 5.41) is 6.08. The fraction of sp³-hybridized carbons (Fsp3) is 0.533. The standard InChI is InChI=1S/C15H25N3O/c1-12-6-7-13(2)14(10-12)17-15(19)11-18(4)9-5-8-16-3/h6-7,10,16H,5,8-9,11H2,1-4H3,(H,17,19). The Kier molecular flexibility index (Phi) is 6.53. The van der Waals surface area contributed by atoms with Crippen molar-refractivity contribution in [1.82, 2.24) is 10.2 Å². The van der Waals surface area contributed by atoms with Crippen LogP contribution in [0.15, 0.2) is 18.2 Å². The number of anilines is 1. The van der Waals surface area contributed by atoms with Gasteiger partial charge in [0.15, 0.2) is 0 Å². The predicted octanol–water partition coefficient (Wildman–Crippen LogP) is 1.78. The maximum atomic E-state index is 12.0. The van der Waals surface area contributed by atoms with Crippen molar-refractivity contribution in [3.8, 4) is 0 Å². The van der Waals surface area contributed by atoms with E-state index in [1.165, 1.54) is 0 Å². The van der Waals surface area contributed by atoms with Gasteiger partial charge in [-0.3, -0.25) is 9.69 Å². The van der Waals surface area contributed by atoms with Crippen LogP contribution in [0, 0.1) is 13.8 Å². The van der Waals surface area contributed by atoms with Crippen LogP contribution in [0.4, 0.5) is 5.69 Å². The first kappa shape index (κ1) is 15.7. The van der Waals surface area contributed by atoms with Crippen LogP contribution in [0.1, 0.15) is 17.5 Å². The minimum Gasteiger partial charge on any atom is -0.325 e. The molecule has 0 fully saturated rings. The third kappa shape index (κ3) is 5.85. The molecule has 1 rings (SSSR count). The zero-order valence-corrected chi connectivity index (χ0v) is 12.4. The van der Waals surface area contributed by atoms with E-state index in [0.29, 0.717) is 6.54 Å². The molecule has 0 saturated carbocycles. The molecule has 106 valence electrons. The van der Waals surface area contributed by atoms with E-state index in [-0.39, 0.29) is 5.91 Å². The molecular formula is C15H25N3O. The molecule has 0 atom stereocenters. The lowest BCUT2D eigenvalue weighted by Gasteiger charge is -2.16. The third-order valence-electron chi connectivity index (χ3n) is 3.05. The van der Waals surface area contributed by atoms with Crippen LogP contribution < -0.4 is 10.6 Å². The number of benzene rings is 1. The first-order valence-corrected chi connectivity index (χ1v) is 6.73. The summed E-state index contributed by atoms with van der Waals surface area (Å²) in [4.78, 5) is 14.0. The number of carbonyl (C=O) groups is 1. The second kappa shape index (κ2) is 7.92. The van der Waals surface area contributed by atoms with Gasteiger partial charge in [-0.15, -0.1) is 0 Å². The van der Waals surface area contributed by atoms with E-state index in [4.69, 9.17) is 0 Å². The second-order valence-electron chi connectivity index (χ2n) is 5.06. The lowest BCUT2D eigenvalue weighted by molar-refractivity contribution is -0.117. The summed E-state index contributed by atoms with van der Waals surface area (Å²) in [7, 11) is 3.91. The number of likely N-dealkylation sites (N-methyl/N-ethyl adjacent to an activating group) is 1. The Hall–Kier alpha value is -1.39. The third-order valence-corrected chi connectivity index (χ3v) is 3.05. The summed E-state index contributed by atoms with van der Waals surface area (Å²) in [5.41, 5.74) is 3.16. The van der Waals surface area contributed by atoms with Gasteiger partial charge < -0.3 is 10.6 Å². The van der Waals surface area contributed by atoms with Crippen molar-refractivity contribution in [3.05, 3.63) is 29.3 Å². The van der Waals surface area contributed by atoms with Crippen LogP contribution in [0.25, 0.3) is 0 Å². The SMILES string of the molecule is CNCCCN(C)CC(=O)Nc1cc(C)ccc1C. The summed E-state index contributed by atoms with van der Waals surface area (Å²) in [6.45, 7) is 6.35. The Labute approximate surface area is 116 Å². The predicted molar refractivity (Wildman–Crippen MR) is 80.6 cm³/mol. The Morgan fingerprint density at radius 3 is 2.74 bits per heavy atom. The Balaban J connectivity index is 2.44. The van der Waals surface area contributed by atoms with Crippen molar-refractivity contribution >= 4 is 11.6 Å². The zero-order chi connectivity index (χ0) is 14.3. The molecule has 0 aliphatic rings. The van der Waals surface area contributed by atoms with Crippen molar-refractivity contribution in [3.63, 3.8) is 0 Å². The number of hydrogen-bond donors (Lipinski definition) is 2. The highest BCUT2D eigenvalue weighted by molar-refractivity contribution is 5.93. The lowest BCUT2D eigenvalue weighted by Crippen LogP contribution is -2.32. The lowest BCUT2D eigenvalue weighted by atomic mass is 10.1. The minimum atomic E-state index is 0.0423. The van der Waals surface area contributed by atoms with Crippen molar-refractivity contribution in [2.45, 2.75) is 20.3 Å². The van der Waals surface area contributed by atoms with Gasteiger partial charge in [-0.05, 0) is 64.6 Å². The quantitative estimate of drug-likeness (QED) is 0.737. The van der Waals surface area contributed by atoms with Gasteiger partial charge in [-0.1, -0.05) is 12.1 Å². The molecule has 0 radical (unpaired) electrons. The number of carbonyl (C=O) groups excluding carboxylic acids is 1. The van der Waals surface area contributed by atoms with Gasteiger partial charge in [-0.2, -0.15) is 0 Å². The summed E-state index contributed by atoms with van der Waals surface area (Å²) >= 11 is 0. The van der Waals surface area contributed by atoms with Crippen molar-refractivity contribution in [1.29, 1.82) is 0 Å².